The van der Waals surface area contributed by atoms with Gasteiger partial charge in [-0.2, -0.15) is 10.1 Å². The minimum Gasteiger partial charge on any atom is -0.503 e. The molecular weight excluding hydrogens is 502 g/mol. The zero-order valence-electron chi connectivity index (χ0n) is 21.5. The van der Waals surface area contributed by atoms with E-state index in [1.165, 1.54) is 22.9 Å². The summed E-state index contributed by atoms with van der Waals surface area (Å²) in [6, 6.07) is 2.40. The van der Waals surface area contributed by atoms with Gasteiger partial charge < -0.3 is 20.3 Å². The molecule has 2 amide bonds. The molecule has 38 heavy (non-hydrogen) atoms. The van der Waals surface area contributed by atoms with Gasteiger partial charge in [-0.1, -0.05) is 6.07 Å². The molecule has 0 aliphatic carbocycles. The van der Waals surface area contributed by atoms with E-state index in [1.807, 2.05) is 38.0 Å². The number of hydrogen-bond donors (Lipinski definition) is 2. The number of hydrogen-bond acceptors (Lipinski definition) is 8. The molecular formula is C25H30F2N6O5. The molecule has 1 spiro atoms. The minimum absolute atomic E-state index is 0.000897. The van der Waals surface area contributed by atoms with Gasteiger partial charge in [-0.3, -0.25) is 19.2 Å². The van der Waals surface area contributed by atoms with Crippen LogP contribution in [0.25, 0.3) is 0 Å². The number of aromatic nitrogens is 1. The van der Waals surface area contributed by atoms with Gasteiger partial charge >= 0.3 is 0 Å². The summed E-state index contributed by atoms with van der Waals surface area (Å²) in [5, 5.41) is 16.2. The number of nitrogens with two attached hydrogens (primary N) is 1. The lowest BCUT2D eigenvalue weighted by Crippen LogP contribution is -2.61. The number of primary amides is 1. The van der Waals surface area contributed by atoms with Crippen LogP contribution in [0, 0.1) is 11.6 Å². The van der Waals surface area contributed by atoms with Crippen molar-refractivity contribution in [2.45, 2.75) is 57.2 Å². The lowest BCUT2D eigenvalue weighted by Gasteiger charge is -2.47. The van der Waals surface area contributed by atoms with E-state index in [0.717, 1.165) is 6.07 Å². The van der Waals surface area contributed by atoms with Crippen molar-refractivity contribution in [2.75, 3.05) is 20.6 Å². The Morgan fingerprint density at radius 3 is 2.61 bits per heavy atom. The maximum absolute atomic E-state index is 14.6. The van der Waals surface area contributed by atoms with E-state index in [-0.39, 0.29) is 30.4 Å². The smallest absolute Gasteiger partial charge is 0.274 e. The van der Waals surface area contributed by atoms with Crippen molar-refractivity contribution < 1.29 is 28.3 Å². The predicted molar refractivity (Wildman–Crippen MR) is 130 cm³/mol. The fourth-order valence-corrected chi connectivity index (χ4v) is 6.01. The highest BCUT2D eigenvalue weighted by atomic mass is 19.1. The first-order chi connectivity index (χ1) is 17.9. The van der Waals surface area contributed by atoms with Crippen LogP contribution in [-0.4, -0.2) is 80.0 Å². The predicted octanol–water partition coefficient (Wildman–Crippen LogP) is 1.38. The van der Waals surface area contributed by atoms with E-state index in [9.17, 15) is 28.3 Å². The van der Waals surface area contributed by atoms with Crippen LogP contribution in [0.1, 0.15) is 59.1 Å². The third-order valence-corrected chi connectivity index (χ3v) is 7.82. The topological polar surface area (TPSA) is 125 Å². The summed E-state index contributed by atoms with van der Waals surface area (Å²) in [5.74, 6) is -3.82. The van der Waals surface area contributed by atoms with Gasteiger partial charge in [0.05, 0.1) is 12.6 Å². The first kappa shape index (κ1) is 26.2. The Balaban J connectivity index is 1.68. The summed E-state index contributed by atoms with van der Waals surface area (Å²) in [5.41, 5.74) is 2.77. The van der Waals surface area contributed by atoms with Crippen LogP contribution >= 0.6 is 0 Å². The summed E-state index contributed by atoms with van der Waals surface area (Å²) >= 11 is 0. The number of aromatic hydroxyl groups is 1. The number of nitrogens with zero attached hydrogens (tertiary/aromatic N) is 5. The van der Waals surface area contributed by atoms with Crippen LogP contribution in [0.4, 0.5) is 8.78 Å². The Labute approximate surface area is 217 Å². The summed E-state index contributed by atoms with van der Waals surface area (Å²) in [7, 11) is 3.64. The Morgan fingerprint density at radius 1 is 1.26 bits per heavy atom. The fourth-order valence-electron chi connectivity index (χ4n) is 6.01. The second kappa shape index (κ2) is 9.12. The number of hydrazine groups is 1. The molecule has 3 aliphatic rings. The van der Waals surface area contributed by atoms with Gasteiger partial charge in [-0.05, 0) is 32.8 Å². The lowest BCUT2D eigenvalue weighted by molar-refractivity contribution is -0.256. The van der Waals surface area contributed by atoms with E-state index < -0.39 is 58.1 Å². The molecule has 2 aromatic rings. The van der Waals surface area contributed by atoms with Crippen LogP contribution < -0.4 is 11.2 Å². The number of rotatable bonds is 4. The highest BCUT2D eigenvalue weighted by Crippen LogP contribution is 2.49. The summed E-state index contributed by atoms with van der Waals surface area (Å²) in [4.78, 5) is 46.5. The molecule has 13 heteroatoms. The quantitative estimate of drug-likeness (QED) is 0.605. The monoisotopic (exact) mass is 532 g/mol. The number of carbonyl (C=O) groups is 2. The van der Waals surface area contributed by atoms with Gasteiger partial charge in [0, 0.05) is 44.5 Å². The van der Waals surface area contributed by atoms with Gasteiger partial charge in [-0.25, -0.2) is 13.8 Å². The molecule has 204 valence electrons. The molecule has 11 nitrogen and oxygen atoms in total. The molecule has 5 rings (SSSR count). The molecule has 1 aromatic carbocycles. The van der Waals surface area contributed by atoms with E-state index in [1.54, 1.807) is 9.96 Å². The molecule has 0 radical (unpaired) electrons. The van der Waals surface area contributed by atoms with E-state index >= 15 is 0 Å². The number of benzene rings is 1. The van der Waals surface area contributed by atoms with Gasteiger partial charge in [0.2, 0.25) is 5.43 Å². The number of amides is 2. The van der Waals surface area contributed by atoms with Crippen molar-refractivity contribution in [2.24, 2.45) is 5.73 Å². The van der Waals surface area contributed by atoms with Crippen molar-refractivity contribution in [3.05, 3.63) is 63.1 Å². The molecule has 0 saturated carbocycles. The molecule has 2 bridgehead atoms. The Kier molecular flexibility index (Phi) is 6.29. The first-order valence-electron chi connectivity index (χ1n) is 12.3. The number of carbonyl (C=O) groups excluding carboxylic acids is 2. The van der Waals surface area contributed by atoms with Crippen LogP contribution in [0.5, 0.6) is 5.75 Å². The zero-order valence-corrected chi connectivity index (χ0v) is 21.5. The van der Waals surface area contributed by atoms with Crippen LogP contribution in [0.3, 0.4) is 0 Å². The van der Waals surface area contributed by atoms with Crippen LogP contribution in [-0.2, 0) is 11.4 Å². The van der Waals surface area contributed by atoms with E-state index in [2.05, 4.69) is 0 Å². The number of fused-ring (bicyclic) bond motifs is 5. The highest BCUT2D eigenvalue weighted by Gasteiger charge is 2.61. The Morgan fingerprint density at radius 2 is 1.97 bits per heavy atom. The van der Waals surface area contributed by atoms with Crippen molar-refractivity contribution in [3.63, 3.8) is 0 Å². The largest absolute Gasteiger partial charge is 0.503 e. The number of halogens is 2. The average Bonchev–Trinajstić information content (AvgIpc) is 3.05. The van der Waals surface area contributed by atoms with Crippen molar-refractivity contribution in [1.82, 2.24) is 24.5 Å². The molecule has 2 saturated heterocycles. The minimum atomic E-state index is -1.17. The van der Waals surface area contributed by atoms with Crippen LogP contribution in [0.2, 0.25) is 0 Å². The third kappa shape index (κ3) is 3.80. The second-order valence-corrected chi connectivity index (χ2v) is 10.3. The standard InChI is InChI=1S/C25H30F2N6O5/c1-13-7-8-25(19-12-30(13)24(37)20-22(35)21(34)17(23(28)36)11-31(19)20)33(29(3)4)14(2)32(38-25)10-15-5-6-16(26)9-18(15)27/h5-6,9,11,13-14,19,35H,7-8,10,12H2,1-4H3,(H2,28,36)/t13-,14?,19+,25?/m0/s1. The fraction of sp³-hybridized carbons (Fsp3) is 0.480. The van der Waals surface area contributed by atoms with Gasteiger partial charge in [0.1, 0.15) is 23.4 Å². The van der Waals surface area contributed by atoms with Gasteiger partial charge in [-0.15, -0.1) is 0 Å². The maximum atomic E-state index is 14.6. The Hall–Kier alpha value is -3.39. The molecule has 2 unspecified atom stereocenters. The lowest BCUT2D eigenvalue weighted by atomic mass is 9.95. The second-order valence-electron chi connectivity index (χ2n) is 10.3. The molecule has 3 aliphatic heterocycles. The molecule has 3 N–H and O–H groups in total. The van der Waals surface area contributed by atoms with Gasteiger partial charge in [0.15, 0.2) is 17.2 Å². The van der Waals surface area contributed by atoms with Crippen molar-refractivity contribution in [1.29, 1.82) is 0 Å². The first-order valence-corrected chi connectivity index (χ1v) is 12.3. The van der Waals surface area contributed by atoms with Crippen molar-refractivity contribution >= 4 is 11.8 Å². The zero-order chi connectivity index (χ0) is 27.7. The summed E-state index contributed by atoms with van der Waals surface area (Å²) in [6.07, 6.45) is 1.69. The van der Waals surface area contributed by atoms with E-state index in [0.29, 0.717) is 12.8 Å². The molecule has 1 aromatic heterocycles. The van der Waals surface area contributed by atoms with E-state index in [4.69, 9.17) is 10.6 Å². The number of hydroxylamine groups is 2. The van der Waals surface area contributed by atoms with Crippen molar-refractivity contribution in [3.8, 4) is 5.75 Å². The van der Waals surface area contributed by atoms with Crippen LogP contribution in [0.15, 0.2) is 29.2 Å². The number of pyridine rings is 1. The normalized spacial score (nSPS) is 27.7. The molecule has 2 fully saturated rings. The third-order valence-electron chi connectivity index (χ3n) is 7.82. The highest BCUT2D eigenvalue weighted by molar-refractivity contribution is 5.99. The molecule has 4 atom stereocenters. The summed E-state index contributed by atoms with van der Waals surface area (Å²) in [6.45, 7) is 3.90. The Bertz CT molecular complexity index is 1380. The summed E-state index contributed by atoms with van der Waals surface area (Å²) < 4.78 is 29.5. The molecule has 4 heterocycles. The van der Waals surface area contributed by atoms with Gasteiger partial charge in [0.25, 0.3) is 11.8 Å². The maximum Gasteiger partial charge on any atom is 0.274 e. The SMILES string of the molecule is CC1N(Cc2ccc(F)cc2F)OC2(CC[C@H](C)N3C[C@H]2n2cc(C(N)=O)c(=O)c(O)c2C3=O)N1N(C)C. The average molecular weight is 533 g/mol.